The molecule has 88 valence electrons. The van der Waals surface area contributed by atoms with Gasteiger partial charge in [-0.15, -0.1) is 0 Å². The molecule has 2 aromatic rings. The van der Waals surface area contributed by atoms with Crippen molar-refractivity contribution in [2.45, 2.75) is 26.3 Å². The molecule has 0 aliphatic rings. The van der Waals surface area contributed by atoms with Crippen molar-refractivity contribution < 1.29 is 4.79 Å². The Morgan fingerprint density at radius 3 is 3.00 bits per heavy atom. The smallest absolute Gasteiger partial charge is 0.251 e. The third-order valence-corrected chi connectivity index (χ3v) is 2.86. The number of carbonyl (C=O) groups is 1. The van der Waals surface area contributed by atoms with Crippen LogP contribution in [0.15, 0.2) is 36.5 Å². The van der Waals surface area contributed by atoms with Crippen LogP contribution in [0.1, 0.15) is 30.6 Å². The molecule has 0 saturated carbocycles. The minimum atomic E-state index is -0.0353. The highest BCUT2D eigenvalue weighted by Gasteiger charge is 2.08. The molecule has 1 atom stereocenters. The van der Waals surface area contributed by atoms with E-state index < -0.39 is 0 Å². The van der Waals surface area contributed by atoms with Crippen LogP contribution in [0.25, 0.3) is 10.9 Å². The number of aromatic nitrogens is 1. The summed E-state index contributed by atoms with van der Waals surface area (Å²) in [5.41, 5.74) is 1.51. The summed E-state index contributed by atoms with van der Waals surface area (Å²) in [6.45, 7) is 4.05. The minimum Gasteiger partial charge on any atom is -0.350 e. The summed E-state index contributed by atoms with van der Waals surface area (Å²) >= 11 is 0. The molecule has 3 nitrogen and oxygen atoms in total. The van der Waals surface area contributed by atoms with Gasteiger partial charge in [0.25, 0.3) is 5.91 Å². The average Bonchev–Trinajstić information content (AvgIpc) is 2.38. The van der Waals surface area contributed by atoms with Gasteiger partial charge in [0, 0.05) is 23.2 Å². The van der Waals surface area contributed by atoms with Crippen molar-refractivity contribution in [1.82, 2.24) is 10.3 Å². The number of nitrogens with zero attached hydrogens (tertiary/aromatic N) is 1. The number of hydrogen-bond donors (Lipinski definition) is 1. The van der Waals surface area contributed by atoms with E-state index in [0.717, 1.165) is 17.3 Å². The molecule has 0 fully saturated rings. The fourth-order valence-corrected chi connectivity index (χ4v) is 1.62. The van der Waals surface area contributed by atoms with E-state index in [-0.39, 0.29) is 11.9 Å². The van der Waals surface area contributed by atoms with Gasteiger partial charge in [0.1, 0.15) is 0 Å². The Morgan fingerprint density at radius 1 is 1.41 bits per heavy atom. The molecule has 1 aromatic heterocycles. The Hall–Kier alpha value is -1.90. The van der Waals surface area contributed by atoms with Crippen molar-refractivity contribution >= 4 is 16.8 Å². The van der Waals surface area contributed by atoms with Crippen LogP contribution in [-0.4, -0.2) is 16.9 Å². The second-order valence-corrected chi connectivity index (χ2v) is 4.19. The molecular formula is C14H16N2O. The first-order valence-electron chi connectivity index (χ1n) is 5.86. The Morgan fingerprint density at radius 2 is 2.24 bits per heavy atom. The van der Waals surface area contributed by atoms with Crippen LogP contribution in [0.4, 0.5) is 0 Å². The maximum atomic E-state index is 11.9. The predicted molar refractivity (Wildman–Crippen MR) is 69.0 cm³/mol. The number of carbonyl (C=O) groups excluding carboxylic acids is 1. The molecule has 0 radical (unpaired) electrons. The Bertz CT molecular complexity index is 536. The fourth-order valence-electron chi connectivity index (χ4n) is 1.62. The summed E-state index contributed by atoms with van der Waals surface area (Å²) in [7, 11) is 0. The zero-order valence-corrected chi connectivity index (χ0v) is 10.1. The van der Waals surface area contributed by atoms with E-state index in [1.54, 1.807) is 6.20 Å². The van der Waals surface area contributed by atoms with Crippen LogP contribution in [0.2, 0.25) is 0 Å². The largest absolute Gasteiger partial charge is 0.350 e. The van der Waals surface area contributed by atoms with Gasteiger partial charge in [0.05, 0.1) is 5.52 Å². The van der Waals surface area contributed by atoms with Gasteiger partial charge in [0.2, 0.25) is 0 Å². The van der Waals surface area contributed by atoms with E-state index in [1.807, 2.05) is 44.2 Å². The van der Waals surface area contributed by atoms with Gasteiger partial charge < -0.3 is 5.32 Å². The van der Waals surface area contributed by atoms with Crippen LogP contribution >= 0.6 is 0 Å². The number of benzene rings is 1. The zero-order chi connectivity index (χ0) is 12.3. The van der Waals surface area contributed by atoms with Gasteiger partial charge in [-0.1, -0.05) is 19.1 Å². The quantitative estimate of drug-likeness (QED) is 0.877. The van der Waals surface area contributed by atoms with Gasteiger partial charge in [0.15, 0.2) is 0 Å². The molecule has 0 bridgehead atoms. The van der Waals surface area contributed by atoms with Crippen molar-refractivity contribution in [3.63, 3.8) is 0 Å². The van der Waals surface area contributed by atoms with Crippen molar-refractivity contribution in [2.24, 2.45) is 0 Å². The lowest BCUT2D eigenvalue weighted by Crippen LogP contribution is -2.31. The molecule has 0 unspecified atom stereocenters. The van der Waals surface area contributed by atoms with Crippen molar-refractivity contribution in [3.05, 3.63) is 42.1 Å². The average molecular weight is 228 g/mol. The summed E-state index contributed by atoms with van der Waals surface area (Å²) in [4.78, 5) is 16.2. The van der Waals surface area contributed by atoms with Crippen LogP contribution in [0, 0.1) is 0 Å². The highest BCUT2D eigenvalue weighted by molar-refractivity contribution is 5.97. The normalized spacial score (nSPS) is 12.4. The number of amides is 1. The molecule has 0 aliphatic heterocycles. The molecule has 1 aromatic carbocycles. The number of hydrogen-bond acceptors (Lipinski definition) is 2. The second kappa shape index (κ2) is 4.95. The summed E-state index contributed by atoms with van der Waals surface area (Å²) in [6, 6.07) is 9.66. The summed E-state index contributed by atoms with van der Waals surface area (Å²) in [6.07, 6.45) is 2.66. The van der Waals surface area contributed by atoms with Crippen molar-refractivity contribution in [1.29, 1.82) is 0 Å². The van der Waals surface area contributed by atoms with Gasteiger partial charge >= 0.3 is 0 Å². The monoisotopic (exact) mass is 228 g/mol. The Labute approximate surface area is 101 Å². The molecule has 17 heavy (non-hydrogen) atoms. The van der Waals surface area contributed by atoms with E-state index in [2.05, 4.69) is 10.3 Å². The lowest BCUT2D eigenvalue weighted by Gasteiger charge is -2.11. The molecule has 1 N–H and O–H groups in total. The van der Waals surface area contributed by atoms with Crippen molar-refractivity contribution in [3.8, 4) is 0 Å². The second-order valence-electron chi connectivity index (χ2n) is 4.19. The Kier molecular flexibility index (Phi) is 3.38. The van der Waals surface area contributed by atoms with Gasteiger partial charge in [-0.05, 0) is 31.5 Å². The third kappa shape index (κ3) is 2.61. The molecule has 0 saturated heterocycles. The summed E-state index contributed by atoms with van der Waals surface area (Å²) in [5, 5.41) is 3.99. The molecule has 0 spiro atoms. The third-order valence-electron chi connectivity index (χ3n) is 2.86. The van der Waals surface area contributed by atoms with E-state index in [4.69, 9.17) is 0 Å². The molecule has 1 heterocycles. The van der Waals surface area contributed by atoms with Crippen LogP contribution in [-0.2, 0) is 0 Å². The highest BCUT2D eigenvalue weighted by atomic mass is 16.1. The first-order chi connectivity index (χ1) is 8.20. The first kappa shape index (κ1) is 11.6. The Balaban J connectivity index is 2.27. The van der Waals surface area contributed by atoms with Gasteiger partial charge in [-0.2, -0.15) is 0 Å². The minimum absolute atomic E-state index is 0.0353. The van der Waals surface area contributed by atoms with E-state index in [0.29, 0.717) is 5.56 Å². The SMILES string of the molecule is CC[C@H](C)NC(=O)c1ccc2cccnc2c1. The zero-order valence-electron chi connectivity index (χ0n) is 10.1. The van der Waals surface area contributed by atoms with Crippen LogP contribution < -0.4 is 5.32 Å². The summed E-state index contributed by atoms with van der Waals surface area (Å²) in [5.74, 6) is -0.0353. The lowest BCUT2D eigenvalue weighted by molar-refractivity contribution is 0.0939. The van der Waals surface area contributed by atoms with E-state index in [9.17, 15) is 4.79 Å². The van der Waals surface area contributed by atoms with Crippen LogP contribution in [0.5, 0.6) is 0 Å². The molecule has 3 heteroatoms. The van der Waals surface area contributed by atoms with Gasteiger partial charge in [-0.3, -0.25) is 9.78 Å². The summed E-state index contributed by atoms with van der Waals surface area (Å²) < 4.78 is 0. The number of nitrogens with one attached hydrogen (secondary N) is 1. The van der Waals surface area contributed by atoms with E-state index in [1.165, 1.54) is 0 Å². The molecule has 1 amide bonds. The number of fused-ring (bicyclic) bond motifs is 1. The van der Waals surface area contributed by atoms with E-state index >= 15 is 0 Å². The number of pyridine rings is 1. The van der Waals surface area contributed by atoms with Crippen molar-refractivity contribution in [2.75, 3.05) is 0 Å². The maximum absolute atomic E-state index is 11.9. The van der Waals surface area contributed by atoms with Gasteiger partial charge in [-0.25, -0.2) is 0 Å². The fraction of sp³-hybridized carbons (Fsp3) is 0.286. The lowest BCUT2D eigenvalue weighted by atomic mass is 10.1. The standard InChI is InChI=1S/C14H16N2O/c1-3-10(2)16-14(17)12-7-6-11-5-4-8-15-13(11)9-12/h4-10H,3H2,1-2H3,(H,16,17)/t10-/m0/s1. The number of rotatable bonds is 3. The molecule has 2 rings (SSSR count). The molecular weight excluding hydrogens is 212 g/mol. The topological polar surface area (TPSA) is 42.0 Å². The predicted octanol–water partition coefficient (Wildman–Crippen LogP) is 2.76. The maximum Gasteiger partial charge on any atom is 0.251 e. The highest BCUT2D eigenvalue weighted by Crippen LogP contribution is 2.13. The molecule has 0 aliphatic carbocycles. The van der Waals surface area contributed by atoms with Crippen LogP contribution in [0.3, 0.4) is 0 Å². The first-order valence-corrected chi connectivity index (χ1v) is 5.86.